The van der Waals surface area contributed by atoms with Gasteiger partial charge in [-0.05, 0) is 51.8 Å². The lowest BCUT2D eigenvalue weighted by atomic mass is 10.1. The molecule has 0 heterocycles. The van der Waals surface area contributed by atoms with Gasteiger partial charge < -0.3 is 15.5 Å². The molecule has 0 spiro atoms. The molecule has 100 valence electrons. The van der Waals surface area contributed by atoms with Gasteiger partial charge in [-0.1, -0.05) is 30.3 Å². The van der Waals surface area contributed by atoms with Crippen LogP contribution < -0.4 is 10.6 Å². The van der Waals surface area contributed by atoms with Gasteiger partial charge in [0.2, 0.25) is 0 Å². The predicted octanol–water partition coefficient (Wildman–Crippen LogP) is 2.16. The van der Waals surface area contributed by atoms with Gasteiger partial charge in [-0.15, -0.1) is 0 Å². The van der Waals surface area contributed by atoms with Crippen LogP contribution in [-0.2, 0) is 0 Å². The normalized spacial score (nSPS) is 12.2. The van der Waals surface area contributed by atoms with Gasteiger partial charge in [0.1, 0.15) is 0 Å². The number of thiocarbonyl (C=S) groups is 1. The van der Waals surface area contributed by atoms with E-state index in [9.17, 15) is 0 Å². The van der Waals surface area contributed by atoms with Crippen molar-refractivity contribution < 1.29 is 0 Å². The maximum absolute atomic E-state index is 5.27. The van der Waals surface area contributed by atoms with Gasteiger partial charge >= 0.3 is 0 Å². The van der Waals surface area contributed by atoms with Crippen molar-refractivity contribution in [2.45, 2.75) is 19.4 Å². The lowest BCUT2D eigenvalue weighted by molar-refractivity contribution is 0.400. The van der Waals surface area contributed by atoms with E-state index in [0.717, 1.165) is 24.6 Å². The molecule has 0 radical (unpaired) electrons. The molecule has 1 atom stereocenters. The maximum atomic E-state index is 5.27. The molecule has 18 heavy (non-hydrogen) atoms. The molecular weight excluding hydrogens is 242 g/mol. The topological polar surface area (TPSA) is 27.3 Å². The molecule has 0 bridgehead atoms. The van der Waals surface area contributed by atoms with Gasteiger partial charge in [0.25, 0.3) is 0 Å². The number of hydrogen-bond acceptors (Lipinski definition) is 2. The van der Waals surface area contributed by atoms with Gasteiger partial charge in [0.15, 0.2) is 5.11 Å². The highest BCUT2D eigenvalue weighted by Gasteiger charge is 2.05. The van der Waals surface area contributed by atoms with Crippen molar-refractivity contribution in [3.05, 3.63) is 35.9 Å². The Morgan fingerprint density at radius 3 is 2.56 bits per heavy atom. The van der Waals surface area contributed by atoms with E-state index in [1.807, 2.05) is 18.2 Å². The van der Waals surface area contributed by atoms with Crippen LogP contribution in [0.1, 0.15) is 24.9 Å². The molecule has 0 amide bonds. The molecule has 0 aliphatic carbocycles. The zero-order chi connectivity index (χ0) is 13.4. The first kappa shape index (κ1) is 14.9. The number of nitrogens with one attached hydrogen (secondary N) is 2. The Morgan fingerprint density at radius 2 is 1.94 bits per heavy atom. The molecule has 0 saturated carbocycles. The minimum Gasteiger partial charge on any atom is -0.363 e. The molecule has 1 aromatic rings. The second kappa shape index (κ2) is 8.06. The smallest absolute Gasteiger partial charge is 0.166 e. The van der Waals surface area contributed by atoms with Crippen LogP contribution in [0.15, 0.2) is 30.3 Å². The molecule has 0 unspecified atom stereocenters. The van der Waals surface area contributed by atoms with E-state index in [1.54, 1.807) is 0 Å². The summed E-state index contributed by atoms with van der Waals surface area (Å²) >= 11 is 5.27. The zero-order valence-electron chi connectivity index (χ0n) is 11.4. The quantitative estimate of drug-likeness (QED) is 0.609. The molecule has 0 saturated heterocycles. The molecule has 2 N–H and O–H groups in total. The third kappa shape index (κ3) is 5.98. The van der Waals surface area contributed by atoms with Crippen molar-refractivity contribution in [2.24, 2.45) is 0 Å². The largest absolute Gasteiger partial charge is 0.363 e. The third-order valence-corrected chi connectivity index (χ3v) is 2.98. The van der Waals surface area contributed by atoms with Gasteiger partial charge in [-0.2, -0.15) is 0 Å². The molecule has 4 heteroatoms. The van der Waals surface area contributed by atoms with E-state index >= 15 is 0 Å². The summed E-state index contributed by atoms with van der Waals surface area (Å²) in [5.74, 6) is 0. The fourth-order valence-corrected chi connectivity index (χ4v) is 1.95. The minimum absolute atomic E-state index is 0.236. The van der Waals surface area contributed by atoms with Crippen molar-refractivity contribution in [2.75, 3.05) is 27.2 Å². The predicted molar refractivity (Wildman–Crippen MR) is 81.8 cm³/mol. The van der Waals surface area contributed by atoms with Crippen molar-refractivity contribution in [1.29, 1.82) is 0 Å². The minimum atomic E-state index is 0.236. The average molecular weight is 265 g/mol. The first-order chi connectivity index (χ1) is 8.59. The highest BCUT2D eigenvalue weighted by molar-refractivity contribution is 7.80. The lowest BCUT2D eigenvalue weighted by Gasteiger charge is -2.17. The number of hydrogen-bond donors (Lipinski definition) is 2. The van der Waals surface area contributed by atoms with Crippen LogP contribution in [0, 0.1) is 0 Å². The van der Waals surface area contributed by atoms with Crippen molar-refractivity contribution >= 4 is 17.3 Å². The van der Waals surface area contributed by atoms with Crippen molar-refractivity contribution in [3.8, 4) is 0 Å². The molecule has 0 aromatic heterocycles. The van der Waals surface area contributed by atoms with Gasteiger partial charge in [-0.25, -0.2) is 0 Å². The fraction of sp³-hybridized carbons (Fsp3) is 0.500. The van der Waals surface area contributed by atoms with Crippen LogP contribution in [0.3, 0.4) is 0 Å². The molecule has 0 aliphatic rings. The standard InChI is InChI=1S/C14H23N3S/c1-12(13-8-5-4-6-9-13)16-14(18)15-10-7-11-17(2)3/h4-6,8-9,12H,7,10-11H2,1-3H3,(H2,15,16,18)/t12-/m1/s1. The van der Waals surface area contributed by atoms with Crippen molar-refractivity contribution in [1.82, 2.24) is 15.5 Å². The SMILES string of the molecule is C[C@@H](NC(=S)NCCCN(C)C)c1ccccc1. The summed E-state index contributed by atoms with van der Waals surface area (Å²) in [4.78, 5) is 2.17. The zero-order valence-corrected chi connectivity index (χ0v) is 12.3. The number of nitrogens with zero attached hydrogens (tertiary/aromatic N) is 1. The Morgan fingerprint density at radius 1 is 1.28 bits per heavy atom. The highest BCUT2D eigenvalue weighted by atomic mass is 32.1. The molecule has 3 nitrogen and oxygen atoms in total. The summed E-state index contributed by atoms with van der Waals surface area (Å²) in [7, 11) is 4.15. The third-order valence-electron chi connectivity index (χ3n) is 2.71. The lowest BCUT2D eigenvalue weighted by Crippen LogP contribution is -2.37. The average Bonchev–Trinajstić information content (AvgIpc) is 2.35. The van der Waals surface area contributed by atoms with Gasteiger partial charge in [0.05, 0.1) is 6.04 Å². The molecular formula is C14H23N3S. The van der Waals surface area contributed by atoms with Crippen LogP contribution in [0.4, 0.5) is 0 Å². The Balaban J connectivity index is 2.24. The van der Waals surface area contributed by atoms with Crippen LogP contribution in [0.25, 0.3) is 0 Å². The summed E-state index contributed by atoms with van der Waals surface area (Å²) in [5.41, 5.74) is 1.25. The summed E-state index contributed by atoms with van der Waals surface area (Å²) < 4.78 is 0. The highest BCUT2D eigenvalue weighted by Crippen LogP contribution is 2.10. The van der Waals surface area contributed by atoms with E-state index in [4.69, 9.17) is 12.2 Å². The Bertz CT molecular complexity index is 351. The Labute approximate surface area is 116 Å². The van der Waals surface area contributed by atoms with Crippen LogP contribution in [0.2, 0.25) is 0 Å². The second-order valence-electron chi connectivity index (χ2n) is 4.69. The summed E-state index contributed by atoms with van der Waals surface area (Å²) in [6.07, 6.45) is 1.09. The van der Waals surface area contributed by atoms with Crippen LogP contribution in [0.5, 0.6) is 0 Å². The number of benzene rings is 1. The number of rotatable bonds is 6. The van der Waals surface area contributed by atoms with E-state index in [0.29, 0.717) is 0 Å². The molecule has 1 rings (SSSR count). The Kier molecular flexibility index (Phi) is 6.68. The van der Waals surface area contributed by atoms with E-state index in [2.05, 4.69) is 48.7 Å². The fourth-order valence-electron chi connectivity index (χ4n) is 1.67. The van der Waals surface area contributed by atoms with E-state index < -0.39 is 0 Å². The second-order valence-corrected chi connectivity index (χ2v) is 5.10. The van der Waals surface area contributed by atoms with Gasteiger partial charge in [0, 0.05) is 6.54 Å². The summed E-state index contributed by atoms with van der Waals surface area (Å²) in [6.45, 7) is 4.10. The molecule has 1 aromatic carbocycles. The maximum Gasteiger partial charge on any atom is 0.166 e. The summed E-state index contributed by atoms with van der Waals surface area (Å²) in [6, 6.07) is 10.6. The van der Waals surface area contributed by atoms with Gasteiger partial charge in [-0.3, -0.25) is 0 Å². The van der Waals surface area contributed by atoms with E-state index in [1.165, 1.54) is 5.56 Å². The summed E-state index contributed by atoms with van der Waals surface area (Å²) in [5, 5.41) is 7.25. The molecule has 0 fully saturated rings. The Hall–Kier alpha value is -1.13. The monoisotopic (exact) mass is 265 g/mol. The van der Waals surface area contributed by atoms with Crippen molar-refractivity contribution in [3.63, 3.8) is 0 Å². The van der Waals surface area contributed by atoms with Crippen LogP contribution in [-0.4, -0.2) is 37.2 Å². The first-order valence-corrected chi connectivity index (χ1v) is 6.74. The first-order valence-electron chi connectivity index (χ1n) is 6.33. The van der Waals surface area contributed by atoms with E-state index in [-0.39, 0.29) is 6.04 Å². The van der Waals surface area contributed by atoms with Crippen LogP contribution >= 0.6 is 12.2 Å². The molecule has 0 aliphatic heterocycles.